The molecule has 0 amide bonds. The molecule has 0 radical (unpaired) electrons. The number of carbonyl (C=O) groups is 2. The number of nitriles is 1. The maximum Gasteiger partial charge on any atom is 0.335 e. The largest absolute Gasteiger partial charge is 0.490 e. The zero-order valence-corrected chi connectivity index (χ0v) is 25.2. The fourth-order valence-electron chi connectivity index (χ4n) is 5.38. The number of hydrogen-bond acceptors (Lipinski definition) is 8. The van der Waals surface area contributed by atoms with Crippen LogP contribution in [0.2, 0.25) is 0 Å². The van der Waals surface area contributed by atoms with E-state index >= 15 is 0 Å². The summed E-state index contributed by atoms with van der Waals surface area (Å²) in [7, 11) is 1.60. The molecule has 1 heterocycles. The van der Waals surface area contributed by atoms with Crippen LogP contribution in [-0.2, 0) is 16.1 Å². The van der Waals surface area contributed by atoms with Gasteiger partial charge >= 0.3 is 5.97 Å². The molecule has 216 valence electrons. The highest BCUT2D eigenvalue weighted by Crippen LogP contribution is 2.51. The molecule has 2 aliphatic rings. The SMILES string of the molecule is CCOc1cc([C@H]2C(C#N)=C(N)N(CCOC)C3=C2C(=O)CC(C)(C)C3)c(Br)cc1OCc1ccc(C(=O)O)cc1. The lowest BCUT2D eigenvalue weighted by molar-refractivity contribution is -0.118. The smallest absolute Gasteiger partial charge is 0.335 e. The number of rotatable bonds is 10. The van der Waals surface area contributed by atoms with Crippen LogP contribution in [-0.4, -0.2) is 48.6 Å². The van der Waals surface area contributed by atoms with E-state index < -0.39 is 11.9 Å². The van der Waals surface area contributed by atoms with Crippen LogP contribution in [0.15, 0.2) is 63.5 Å². The Balaban J connectivity index is 1.78. The lowest BCUT2D eigenvalue weighted by Crippen LogP contribution is -2.43. The molecule has 9 nitrogen and oxygen atoms in total. The number of allylic oxidation sites excluding steroid dienone is 3. The van der Waals surface area contributed by atoms with Crippen LogP contribution in [0.1, 0.15) is 61.0 Å². The van der Waals surface area contributed by atoms with Crippen molar-refractivity contribution in [2.24, 2.45) is 11.1 Å². The van der Waals surface area contributed by atoms with E-state index in [4.69, 9.17) is 25.1 Å². The Hall–Kier alpha value is -3.81. The van der Waals surface area contributed by atoms with Crippen molar-refractivity contribution in [1.29, 1.82) is 5.26 Å². The molecule has 0 unspecified atom stereocenters. The van der Waals surface area contributed by atoms with Gasteiger partial charge in [0.05, 0.1) is 36.3 Å². The molecular formula is C31H34BrN3O6. The number of methoxy groups -OCH3 is 1. The van der Waals surface area contributed by atoms with E-state index in [0.717, 1.165) is 11.3 Å². The quantitative estimate of drug-likeness (QED) is 0.351. The van der Waals surface area contributed by atoms with Crippen molar-refractivity contribution >= 4 is 27.7 Å². The van der Waals surface area contributed by atoms with Crippen LogP contribution in [0, 0.1) is 16.7 Å². The molecule has 1 aliphatic carbocycles. The number of nitrogens with two attached hydrogens (primary N) is 1. The molecule has 0 fully saturated rings. The monoisotopic (exact) mass is 623 g/mol. The number of hydrogen-bond donors (Lipinski definition) is 2. The Morgan fingerprint density at radius 3 is 2.49 bits per heavy atom. The topological polar surface area (TPSA) is 135 Å². The Morgan fingerprint density at radius 2 is 1.88 bits per heavy atom. The molecule has 0 spiro atoms. The number of ketones is 1. The van der Waals surface area contributed by atoms with E-state index in [1.54, 1.807) is 31.4 Å². The third kappa shape index (κ3) is 6.26. The van der Waals surface area contributed by atoms with E-state index in [0.29, 0.717) is 71.1 Å². The summed E-state index contributed by atoms with van der Waals surface area (Å²) in [4.78, 5) is 26.8. The van der Waals surface area contributed by atoms with Crippen molar-refractivity contribution in [1.82, 2.24) is 4.90 Å². The Labute approximate surface area is 248 Å². The predicted octanol–water partition coefficient (Wildman–Crippen LogP) is 5.51. The molecule has 0 saturated carbocycles. The number of ether oxygens (including phenoxy) is 3. The van der Waals surface area contributed by atoms with E-state index in [1.807, 2.05) is 11.8 Å². The molecule has 1 aliphatic heterocycles. The maximum absolute atomic E-state index is 13.7. The Bertz CT molecular complexity index is 1460. The molecule has 2 aromatic rings. The van der Waals surface area contributed by atoms with Crippen molar-refractivity contribution in [3.8, 4) is 17.6 Å². The third-order valence-electron chi connectivity index (χ3n) is 7.27. The second kappa shape index (κ2) is 12.4. The Kier molecular flexibility index (Phi) is 9.10. The average Bonchev–Trinajstić information content (AvgIpc) is 2.92. The molecule has 4 rings (SSSR count). The van der Waals surface area contributed by atoms with Gasteiger partial charge in [0.25, 0.3) is 0 Å². The van der Waals surface area contributed by atoms with Crippen molar-refractivity contribution in [2.75, 3.05) is 26.9 Å². The summed E-state index contributed by atoms with van der Waals surface area (Å²) in [6.07, 6.45) is 0.988. The predicted molar refractivity (Wildman–Crippen MR) is 156 cm³/mol. The number of carbonyl (C=O) groups excluding carboxylic acids is 1. The maximum atomic E-state index is 13.7. The fourth-order valence-corrected chi connectivity index (χ4v) is 5.93. The number of benzene rings is 2. The van der Waals surface area contributed by atoms with Gasteiger partial charge < -0.3 is 30.0 Å². The zero-order valence-electron chi connectivity index (χ0n) is 23.6. The van der Waals surface area contributed by atoms with E-state index in [1.165, 1.54) is 12.1 Å². The van der Waals surface area contributed by atoms with E-state index in [-0.39, 0.29) is 23.4 Å². The molecule has 0 saturated heterocycles. The van der Waals surface area contributed by atoms with E-state index in [2.05, 4.69) is 35.8 Å². The number of carboxylic acid groups (broad SMARTS) is 1. The minimum Gasteiger partial charge on any atom is -0.490 e. The molecule has 3 N–H and O–H groups in total. The summed E-state index contributed by atoms with van der Waals surface area (Å²) >= 11 is 3.67. The highest BCUT2D eigenvalue weighted by atomic mass is 79.9. The first-order valence-corrected chi connectivity index (χ1v) is 14.1. The standard InChI is InChI=1S/C31H34BrN3O6/c1-5-40-25-12-20(22(32)13-26(25)41-17-18-6-8-19(9-7-18)30(37)38)27-21(16-33)29(34)35(10-11-39-4)23-14-31(2,3)15-24(36)28(23)27/h6-9,12-13,27H,5,10-11,14-15,17,34H2,1-4H3,(H,37,38)/t27-/m0/s1. The van der Waals surface area contributed by atoms with Gasteiger partial charge in [0.15, 0.2) is 17.3 Å². The summed E-state index contributed by atoms with van der Waals surface area (Å²) in [5, 5.41) is 19.5. The van der Waals surface area contributed by atoms with Crippen molar-refractivity contribution < 1.29 is 28.9 Å². The lowest BCUT2D eigenvalue weighted by Gasteiger charge is -2.44. The van der Waals surface area contributed by atoms with Gasteiger partial charge in [-0.1, -0.05) is 41.9 Å². The summed E-state index contributed by atoms with van der Waals surface area (Å²) < 4.78 is 18.0. The summed E-state index contributed by atoms with van der Waals surface area (Å²) in [5.74, 6) is -0.458. The van der Waals surface area contributed by atoms with Crippen LogP contribution >= 0.6 is 15.9 Å². The third-order valence-corrected chi connectivity index (χ3v) is 7.96. The van der Waals surface area contributed by atoms with Gasteiger partial charge in [-0.3, -0.25) is 4.79 Å². The summed E-state index contributed by atoms with van der Waals surface area (Å²) in [6, 6.07) is 12.3. The molecular weight excluding hydrogens is 590 g/mol. The van der Waals surface area contributed by atoms with Crippen LogP contribution in [0.3, 0.4) is 0 Å². The number of carboxylic acids is 1. The first kappa shape index (κ1) is 30.2. The van der Waals surface area contributed by atoms with Crippen molar-refractivity contribution in [2.45, 2.75) is 46.1 Å². The lowest BCUT2D eigenvalue weighted by atomic mass is 9.68. The minimum atomic E-state index is -0.996. The molecule has 1 atom stereocenters. The number of halogens is 1. The molecule has 41 heavy (non-hydrogen) atoms. The van der Waals surface area contributed by atoms with Gasteiger partial charge in [0.2, 0.25) is 0 Å². The van der Waals surface area contributed by atoms with Gasteiger partial charge in [-0.2, -0.15) is 5.26 Å². The van der Waals surface area contributed by atoms with Gasteiger partial charge in [-0.05, 0) is 54.2 Å². The van der Waals surface area contributed by atoms with Crippen LogP contribution < -0.4 is 15.2 Å². The minimum absolute atomic E-state index is 0.0149. The van der Waals surface area contributed by atoms with Crippen molar-refractivity contribution in [3.63, 3.8) is 0 Å². The van der Waals surface area contributed by atoms with Crippen molar-refractivity contribution in [3.05, 3.63) is 80.2 Å². The Morgan fingerprint density at radius 1 is 1.20 bits per heavy atom. The first-order chi connectivity index (χ1) is 19.5. The van der Waals surface area contributed by atoms with Gasteiger partial charge in [0.1, 0.15) is 12.4 Å². The number of aromatic carboxylic acids is 1. The number of nitrogens with zero attached hydrogens (tertiary/aromatic N) is 2. The molecule has 2 aromatic carbocycles. The second-order valence-corrected chi connectivity index (χ2v) is 11.7. The van der Waals surface area contributed by atoms with Crippen LogP contribution in [0.4, 0.5) is 0 Å². The molecule has 0 bridgehead atoms. The second-order valence-electron chi connectivity index (χ2n) is 10.8. The highest BCUT2D eigenvalue weighted by molar-refractivity contribution is 9.10. The first-order valence-electron chi connectivity index (χ1n) is 13.3. The molecule has 0 aromatic heterocycles. The van der Waals surface area contributed by atoms with Gasteiger partial charge in [0, 0.05) is 35.8 Å². The number of Topliss-reactive ketones (excluding diaryl/α,β-unsaturated/α-hetero) is 1. The van der Waals surface area contributed by atoms with Crippen LogP contribution in [0.25, 0.3) is 0 Å². The normalized spacial score (nSPS) is 18.2. The summed E-state index contributed by atoms with van der Waals surface area (Å²) in [5.41, 5.74) is 9.72. The van der Waals surface area contributed by atoms with E-state index in [9.17, 15) is 14.9 Å². The summed E-state index contributed by atoms with van der Waals surface area (Å²) in [6.45, 7) is 7.33. The highest BCUT2D eigenvalue weighted by Gasteiger charge is 2.44. The molecule has 10 heteroatoms. The zero-order chi connectivity index (χ0) is 29.9. The van der Waals surface area contributed by atoms with Gasteiger partial charge in [-0.25, -0.2) is 4.79 Å². The van der Waals surface area contributed by atoms with Crippen LogP contribution in [0.5, 0.6) is 11.5 Å². The average molecular weight is 625 g/mol. The fraction of sp³-hybridized carbons (Fsp3) is 0.387. The van der Waals surface area contributed by atoms with Gasteiger partial charge in [-0.15, -0.1) is 0 Å².